The molecule has 0 bridgehead atoms. The molecule has 38 heavy (non-hydrogen) atoms. The van der Waals surface area contributed by atoms with Crippen molar-refractivity contribution in [1.29, 1.82) is 0 Å². The van der Waals surface area contributed by atoms with Crippen LogP contribution in [-0.2, 0) is 0 Å². The van der Waals surface area contributed by atoms with Gasteiger partial charge in [-0.1, -0.05) is 59.8 Å². The Balaban J connectivity index is 1.43. The summed E-state index contributed by atoms with van der Waals surface area (Å²) in [5, 5.41) is 30.5. The number of non-ortho nitro benzene ring substituents is 1. The Morgan fingerprint density at radius 3 is 2.26 bits per heavy atom. The second-order valence-corrected chi connectivity index (χ2v) is 8.06. The van der Waals surface area contributed by atoms with Crippen LogP contribution in [0.5, 0.6) is 0 Å². The topological polar surface area (TPSA) is 180 Å². The van der Waals surface area contributed by atoms with Crippen molar-refractivity contribution >= 4 is 23.1 Å². The standard InChI is InChI=1S/C25H19N9O4/c1-15(16-7-9-18(10-8-16)17-5-3-2-4-6-17)27-29-25(35)21-22(19-11-13-20(14-12-19)34(36)37)33(32-28-21)24-23(26)30-38-31-24/h2-14H,1H3,(H2,26,30)(H,29,35). The Morgan fingerprint density at radius 1 is 0.974 bits per heavy atom. The van der Waals surface area contributed by atoms with Crippen LogP contribution in [0.2, 0.25) is 0 Å². The summed E-state index contributed by atoms with van der Waals surface area (Å²) in [5.41, 5.74) is 12.1. The van der Waals surface area contributed by atoms with Crippen LogP contribution in [0.3, 0.4) is 0 Å². The largest absolute Gasteiger partial charge is 0.378 e. The summed E-state index contributed by atoms with van der Waals surface area (Å²) in [5.74, 6) is -0.749. The van der Waals surface area contributed by atoms with Gasteiger partial charge in [0.1, 0.15) is 5.69 Å². The van der Waals surface area contributed by atoms with Crippen molar-refractivity contribution in [1.82, 2.24) is 30.7 Å². The molecule has 13 nitrogen and oxygen atoms in total. The Hall–Kier alpha value is -5.72. The summed E-state index contributed by atoms with van der Waals surface area (Å²) in [6.45, 7) is 1.76. The Labute approximate surface area is 214 Å². The third-order valence-electron chi connectivity index (χ3n) is 5.67. The van der Waals surface area contributed by atoms with Crippen LogP contribution in [0.25, 0.3) is 28.2 Å². The third-order valence-corrected chi connectivity index (χ3v) is 5.67. The summed E-state index contributed by atoms with van der Waals surface area (Å²) in [7, 11) is 0. The number of nitro benzene ring substituents is 1. The fraction of sp³-hybridized carbons (Fsp3) is 0.0400. The number of nitro groups is 1. The first-order valence-corrected chi connectivity index (χ1v) is 11.2. The maximum absolute atomic E-state index is 13.1. The van der Waals surface area contributed by atoms with Crippen molar-refractivity contribution < 1.29 is 14.3 Å². The van der Waals surface area contributed by atoms with Crippen LogP contribution in [-0.4, -0.2) is 41.8 Å². The Morgan fingerprint density at radius 2 is 1.63 bits per heavy atom. The van der Waals surface area contributed by atoms with Gasteiger partial charge in [0.2, 0.25) is 11.6 Å². The molecular formula is C25H19N9O4. The van der Waals surface area contributed by atoms with Gasteiger partial charge in [0.05, 0.1) is 10.6 Å². The zero-order chi connectivity index (χ0) is 26.6. The highest BCUT2D eigenvalue weighted by molar-refractivity contribution is 6.02. The van der Waals surface area contributed by atoms with Gasteiger partial charge >= 0.3 is 0 Å². The van der Waals surface area contributed by atoms with Crippen LogP contribution in [0.4, 0.5) is 11.5 Å². The van der Waals surface area contributed by atoms with Crippen LogP contribution in [0.15, 0.2) is 88.6 Å². The zero-order valence-corrected chi connectivity index (χ0v) is 19.8. The maximum Gasteiger partial charge on any atom is 0.294 e. The van der Waals surface area contributed by atoms with Crippen LogP contribution in [0, 0.1) is 10.1 Å². The first kappa shape index (κ1) is 24.0. The number of nitrogens with zero attached hydrogens (tertiary/aromatic N) is 7. The average Bonchev–Trinajstić information content (AvgIpc) is 3.58. The van der Waals surface area contributed by atoms with E-state index in [0.717, 1.165) is 16.7 Å². The number of carbonyl (C=O) groups excluding carboxylic acids is 1. The molecule has 2 aromatic heterocycles. The lowest BCUT2D eigenvalue weighted by atomic mass is 10.0. The second kappa shape index (κ2) is 10.1. The fourth-order valence-electron chi connectivity index (χ4n) is 3.71. The van der Waals surface area contributed by atoms with E-state index in [4.69, 9.17) is 5.73 Å². The van der Waals surface area contributed by atoms with E-state index in [0.29, 0.717) is 11.3 Å². The number of benzene rings is 3. The van der Waals surface area contributed by atoms with E-state index in [1.165, 1.54) is 28.9 Å². The predicted octanol–water partition coefficient (Wildman–Crippen LogP) is 3.63. The molecule has 5 aromatic rings. The predicted molar refractivity (Wildman–Crippen MR) is 137 cm³/mol. The molecule has 0 fully saturated rings. The van der Waals surface area contributed by atoms with Crippen molar-refractivity contribution in [3.63, 3.8) is 0 Å². The minimum Gasteiger partial charge on any atom is -0.378 e. The van der Waals surface area contributed by atoms with Gasteiger partial charge in [0, 0.05) is 17.7 Å². The molecule has 0 aliphatic carbocycles. The van der Waals surface area contributed by atoms with Gasteiger partial charge in [-0.3, -0.25) is 14.9 Å². The number of rotatable bonds is 7. The number of hydrazone groups is 1. The van der Waals surface area contributed by atoms with E-state index in [2.05, 4.69) is 35.8 Å². The summed E-state index contributed by atoms with van der Waals surface area (Å²) in [6.07, 6.45) is 0. The normalized spacial score (nSPS) is 11.3. The number of hydrogen-bond donors (Lipinski definition) is 2. The number of anilines is 1. The zero-order valence-electron chi connectivity index (χ0n) is 19.8. The molecule has 0 spiro atoms. The van der Waals surface area contributed by atoms with Crippen LogP contribution < -0.4 is 11.2 Å². The number of aromatic nitrogens is 5. The highest BCUT2D eigenvalue weighted by atomic mass is 16.6. The minimum atomic E-state index is -0.667. The van der Waals surface area contributed by atoms with Gasteiger partial charge < -0.3 is 5.73 Å². The van der Waals surface area contributed by atoms with E-state index in [1.807, 2.05) is 54.6 Å². The second-order valence-electron chi connectivity index (χ2n) is 8.06. The molecule has 0 unspecified atom stereocenters. The lowest BCUT2D eigenvalue weighted by Gasteiger charge is -2.07. The first-order chi connectivity index (χ1) is 18.4. The Bertz CT molecular complexity index is 1640. The third kappa shape index (κ3) is 4.70. The average molecular weight is 509 g/mol. The monoisotopic (exact) mass is 509 g/mol. The van der Waals surface area contributed by atoms with Gasteiger partial charge in [-0.25, -0.2) is 10.1 Å². The highest BCUT2D eigenvalue weighted by Gasteiger charge is 2.25. The molecule has 0 aliphatic heterocycles. The molecule has 0 saturated carbocycles. The number of nitrogens with one attached hydrogen (secondary N) is 1. The van der Waals surface area contributed by atoms with E-state index in [9.17, 15) is 14.9 Å². The SMILES string of the molecule is CC(=NNC(=O)c1nnn(-c2nonc2N)c1-c1ccc([N+](=O)[O-])cc1)c1ccc(-c2ccccc2)cc1. The molecule has 0 saturated heterocycles. The van der Waals surface area contributed by atoms with Gasteiger partial charge in [-0.15, -0.1) is 5.10 Å². The molecule has 188 valence electrons. The van der Waals surface area contributed by atoms with Gasteiger partial charge in [0.15, 0.2) is 5.69 Å². The van der Waals surface area contributed by atoms with E-state index in [1.54, 1.807) is 6.92 Å². The molecule has 0 atom stereocenters. The molecule has 1 amide bonds. The van der Waals surface area contributed by atoms with Crippen molar-refractivity contribution in [2.45, 2.75) is 6.92 Å². The number of carbonyl (C=O) groups is 1. The molecule has 3 aromatic carbocycles. The summed E-state index contributed by atoms with van der Waals surface area (Å²) >= 11 is 0. The van der Waals surface area contributed by atoms with Gasteiger partial charge in [0.25, 0.3) is 11.6 Å². The van der Waals surface area contributed by atoms with E-state index in [-0.39, 0.29) is 28.7 Å². The molecule has 0 aliphatic rings. The molecule has 0 radical (unpaired) electrons. The van der Waals surface area contributed by atoms with Crippen molar-refractivity contribution in [2.24, 2.45) is 5.10 Å². The number of nitrogens with two attached hydrogens (primary N) is 1. The molecule has 3 N–H and O–H groups in total. The molecule has 2 heterocycles. The molecular weight excluding hydrogens is 490 g/mol. The lowest BCUT2D eigenvalue weighted by Crippen LogP contribution is -2.21. The minimum absolute atomic E-state index is 0.00286. The fourth-order valence-corrected chi connectivity index (χ4v) is 3.71. The summed E-state index contributed by atoms with van der Waals surface area (Å²) < 4.78 is 5.82. The van der Waals surface area contributed by atoms with E-state index >= 15 is 0 Å². The smallest absolute Gasteiger partial charge is 0.294 e. The van der Waals surface area contributed by atoms with Crippen LogP contribution >= 0.6 is 0 Å². The lowest BCUT2D eigenvalue weighted by molar-refractivity contribution is -0.384. The Kier molecular flexibility index (Phi) is 6.38. The quantitative estimate of drug-likeness (QED) is 0.188. The van der Waals surface area contributed by atoms with Gasteiger partial charge in [-0.05, 0) is 46.1 Å². The number of amides is 1. The highest BCUT2D eigenvalue weighted by Crippen LogP contribution is 2.28. The maximum atomic E-state index is 13.1. The summed E-state index contributed by atoms with van der Waals surface area (Å²) in [4.78, 5) is 23.7. The van der Waals surface area contributed by atoms with Crippen molar-refractivity contribution in [3.05, 3.63) is 100 Å². The number of hydrogen-bond acceptors (Lipinski definition) is 10. The number of nitrogen functional groups attached to an aromatic ring is 1. The molecule has 5 rings (SSSR count). The van der Waals surface area contributed by atoms with Gasteiger partial charge in [-0.2, -0.15) is 9.78 Å². The molecule has 13 heteroatoms. The van der Waals surface area contributed by atoms with Crippen molar-refractivity contribution in [3.8, 4) is 28.2 Å². The summed E-state index contributed by atoms with van der Waals surface area (Å²) in [6, 6.07) is 23.2. The first-order valence-electron chi connectivity index (χ1n) is 11.2. The van der Waals surface area contributed by atoms with Crippen LogP contribution in [0.1, 0.15) is 23.0 Å². The van der Waals surface area contributed by atoms with Crippen molar-refractivity contribution in [2.75, 3.05) is 5.73 Å². The van der Waals surface area contributed by atoms with E-state index < -0.39 is 10.8 Å².